The van der Waals surface area contributed by atoms with E-state index in [1.807, 2.05) is 44.2 Å². The molecule has 0 aliphatic rings. The summed E-state index contributed by atoms with van der Waals surface area (Å²) in [5.74, 6) is 0.780. The van der Waals surface area contributed by atoms with E-state index in [9.17, 15) is 4.79 Å². The van der Waals surface area contributed by atoms with Crippen LogP contribution in [-0.4, -0.2) is 18.7 Å². The molecule has 0 aliphatic carbocycles. The SMILES string of the molecule is CCOc1cc(/C=N\NC(=O)c2ccc(Cl)c(Cl)c2)cc(Br)c1OCc1ccccc1C. The smallest absolute Gasteiger partial charge is 0.271 e. The Morgan fingerprint density at radius 3 is 2.59 bits per heavy atom. The molecule has 0 spiro atoms. The molecule has 0 saturated carbocycles. The van der Waals surface area contributed by atoms with Crippen LogP contribution in [-0.2, 0) is 6.61 Å². The number of nitrogens with zero attached hydrogens (tertiary/aromatic N) is 1. The maximum atomic E-state index is 12.3. The second-order valence-corrected chi connectivity index (χ2v) is 8.47. The predicted octanol–water partition coefficient (Wildman–Crippen LogP) is 6.81. The third kappa shape index (κ3) is 6.25. The third-order valence-corrected chi connectivity index (χ3v) is 5.85. The van der Waals surface area contributed by atoms with Gasteiger partial charge in [-0.1, -0.05) is 47.5 Å². The summed E-state index contributed by atoms with van der Waals surface area (Å²) in [6, 6.07) is 16.3. The van der Waals surface area contributed by atoms with Gasteiger partial charge in [-0.25, -0.2) is 5.43 Å². The van der Waals surface area contributed by atoms with Gasteiger partial charge in [0.15, 0.2) is 11.5 Å². The molecule has 1 amide bonds. The summed E-state index contributed by atoms with van der Waals surface area (Å²) in [6.45, 7) is 4.83. The zero-order valence-electron chi connectivity index (χ0n) is 17.5. The summed E-state index contributed by atoms with van der Waals surface area (Å²) in [4.78, 5) is 12.3. The highest BCUT2D eigenvalue weighted by atomic mass is 79.9. The molecule has 0 radical (unpaired) electrons. The molecule has 1 N–H and O–H groups in total. The van der Waals surface area contributed by atoms with E-state index in [-0.39, 0.29) is 0 Å². The summed E-state index contributed by atoms with van der Waals surface area (Å²) in [5, 5.41) is 4.71. The molecule has 0 fully saturated rings. The number of ether oxygens (including phenoxy) is 2. The van der Waals surface area contributed by atoms with Crippen molar-refractivity contribution in [3.8, 4) is 11.5 Å². The van der Waals surface area contributed by atoms with Crippen LogP contribution in [0, 0.1) is 6.92 Å². The number of benzene rings is 3. The zero-order valence-corrected chi connectivity index (χ0v) is 20.6. The molecular formula is C24H21BrCl2N2O3. The van der Waals surface area contributed by atoms with Crippen molar-refractivity contribution in [3.63, 3.8) is 0 Å². The molecule has 0 saturated heterocycles. The normalized spacial score (nSPS) is 10.9. The van der Waals surface area contributed by atoms with Crippen molar-refractivity contribution in [2.75, 3.05) is 6.61 Å². The van der Waals surface area contributed by atoms with E-state index in [4.69, 9.17) is 32.7 Å². The van der Waals surface area contributed by atoms with Gasteiger partial charge in [-0.15, -0.1) is 0 Å². The van der Waals surface area contributed by atoms with Gasteiger partial charge in [0.25, 0.3) is 5.91 Å². The molecule has 3 rings (SSSR count). The fourth-order valence-electron chi connectivity index (χ4n) is 2.85. The highest BCUT2D eigenvalue weighted by Gasteiger charge is 2.13. The van der Waals surface area contributed by atoms with Crippen LogP contribution in [0.25, 0.3) is 0 Å². The lowest BCUT2D eigenvalue weighted by atomic mass is 10.1. The maximum Gasteiger partial charge on any atom is 0.271 e. The van der Waals surface area contributed by atoms with E-state index in [1.165, 1.54) is 12.3 Å². The molecule has 0 heterocycles. The van der Waals surface area contributed by atoms with E-state index in [1.54, 1.807) is 18.2 Å². The van der Waals surface area contributed by atoms with Crippen LogP contribution >= 0.6 is 39.1 Å². The largest absolute Gasteiger partial charge is 0.490 e. The van der Waals surface area contributed by atoms with E-state index in [2.05, 4.69) is 26.5 Å². The molecule has 8 heteroatoms. The Hall–Kier alpha value is -2.54. The molecule has 3 aromatic rings. The maximum absolute atomic E-state index is 12.3. The highest BCUT2D eigenvalue weighted by Crippen LogP contribution is 2.37. The second kappa shape index (κ2) is 11.4. The second-order valence-electron chi connectivity index (χ2n) is 6.81. The third-order valence-electron chi connectivity index (χ3n) is 4.53. The van der Waals surface area contributed by atoms with Gasteiger partial charge >= 0.3 is 0 Å². The van der Waals surface area contributed by atoms with Gasteiger partial charge in [-0.2, -0.15) is 5.10 Å². The number of carbonyl (C=O) groups is 1. The van der Waals surface area contributed by atoms with Crippen LogP contribution in [0.1, 0.15) is 34.0 Å². The zero-order chi connectivity index (χ0) is 23.1. The van der Waals surface area contributed by atoms with Gasteiger partial charge in [0.1, 0.15) is 6.61 Å². The number of halogens is 3. The molecule has 32 heavy (non-hydrogen) atoms. The standard InChI is InChI=1S/C24H21BrCl2N2O3/c1-3-31-22-11-16(13-28-29-24(30)17-8-9-20(26)21(27)12-17)10-19(25)23(22)32-14-18-7-5-4-6-15(18)2/h4-13H,3,14H2,1-2H3,(H,29,30)/b28-13-. The van der Waals surface area contributed by atoms with E-state index in [0.717, 1.165) is 16.7 Å². The number of amides is 1. The van der Waals surface area contributed by atoms with Crippen molar-refractivity contribution in [1.29, 1.82) is 0 Å². The Bertz CT molecular complexity index is 1150. The van der Waals surface area contributed by atoms with Crippen molar-refractivity contribution < 1.29 is 14.3 Å². The van der Waals surface area contributed by atoms with Crippen LogP contribution < -0.4 is 14.9 Å². The molecule has 0 unspecified atom stereocenters. The number of aryl methyl sites for hydroxylation is 1. The van der Waals surface area contributed by atoms with Gasteiger partial charge in [0.05, 0.1) is 27.3 Å². The first kappa shape index (κ1) is 24.1. The number of hydrazone groups is 1. The monoisotopic (exact) mass is 534 g/mol. The molecule has 0 aromatic heterocycles. The number of carbonyl (C=O) groups excluding carboxylic acids is 1. The Morgan fingerprint density at radius 2 is 1.88 bits per heavy atom. The first-order chi connectivity index (χ1) is 15.4. The Labute approximate surface area is 205 Å². The van der Waals surface area contributed by atoms with E-state index >= 15 is 0 Å². The van der Waals surface area contributed by atoms with Gasteiger partial charge in [-0.3, -0.25) is 4.79 Å². The number of rotatable bonds is 8. The van der Waals surface area contributed by atoms with Crippen LogP contribution in [0.3, 0.4) is 0 Å². The first-order valence-corrected chi connectivity index (χ1v) is 11.4. The van der Waals surface area contributed by atoms with Crippen molar-refractivity contribution in [3.05, 3.63) is 91.4 Å². The van der Waals surface area contributed by atoms with E-state index in [0.29, 0.717) is 44.8 Å². The lowest BCUT2D eigenvalue weighted by Crippen LogP contribution is -2.17. The molecule has 166 valence electrons. The highest BCUT2D eigenvalue weighted by molar-refractivity contribution is 9.10. The fourth-order valence-corrected chi connectivity index (χ4v) is 3.73. The van der Waals surface area contributed by atoms with Gasteiger partial charge in [0, 0.05) is 5.56 Å². The van der Waals surface area contributed by atoms with Crippen molar-refractivity contribution >= 4 is 51.3 Å². The average molecular weight is 536 g/mol. The molecular weight excluding hydrogens is 515 g/mol. The van der Waals surface area contributed by atoms with Crippen LogP contribution in [0.5, 0.6) is 11.5 Å². The van der Waals surface area contributed by atoms with Gasteiger partial charge < -0.3 is 9.47 Å². The minimum Gasteiger partial charge on any atom is -0.490 e. The number of hydrogen-bond acceptors (Lipinski definition) is 4. The van der Waals surface area contributed by atoms with Gasteiger partial charge in [-0.05, 0) is 76.8 Å². The Morgan fingerprint density at radius 1 is 1.09 bits per heavy atom. The van der Waals surface area contributed by atoms with Gasteiger partial charge in [0.2, 0.25) is 0 Å². The molecule has 0 bridgehead atoms. The summed E-state index contributed by atoms with van der Waals surface area (Å²) in [6.07, 6.45) is 1.52. The van der Waals surface area contributed by atoms with Crippen molar-refractivity contribution in [2.45, 2.75) is 20.5 Å². The minimum absolute atomic E-state index is 0.301. The predicted molar refractivity (Wildman–Crippen MR) is 132 cm³/mol. The molecule has 0 atom stereocenters. The van der Waals surface area contributed by atoms with Crippen LogP contribution in [0.4, 0.5) is 0 Å². The summed E-state index contributed by atoms with van der Waals surface area (Å²) in [7, 11) is 0. The summed E-state index contributed by atoms with van der Waals surface area (Å²) >= 11 is 15.4. The molecule has 5 nitrogen and oxygen atoms in total. The average Bonchev–Trinajstić information content (AvgIpc) is 2.76. The lowest BCUT2D eigenvalue weighted by Gasteiger charge is -2.15. The minimum atomic E-state index is -0.401. The Balaban J connectivity index is 1.73. The number of nitrogens with one attached hydrogen (secondary N) is 1. The number of hydrogen-bond donors (Lipinski definition) is 1. The quantitative estimate of drug-likeness (QED) is 0.254. The van der Waals surface area contributed by atoms with E-state index < -0.39 is 5.91 Å². The Kier molecular flexibility index (Phi) is 8.56. The summed E-state index contributed by atoms with van der Waals surface area (Å²) in [5.41, 5.74) is 5.80. The fraction of sp³-hybridized carbons (Fsp3) is 0.167. The molecule has 0 aliphatic heterocycles. The summed E-state index contributed by atoms with van der Waals surface area (Å²) < 4.78 is 12.5. The van der Waals surface area contributed by atoms with Crippen LogP contribution in [0.2, 0.25) is 10.0 Å². The lowest BCUT2D eigenvalue weighted by molar-refractivity contribution is 0.0955. The molecule has 3 aromatic carbocycles. The first-order valence-electron chi connectivity index (χ1n) is 9.81. The van der Waals surface area contributed by atoms with Crippen LogP contribution in [0.15, 0.2) is 64.2 Å². The van der Waals surface area contributed by atoms with Crippen molar-refractivity contribution in [2.24, 2.45) is 5.10 Å². The topological polar surface area (TPSA) is 59.9 Å². The van der Waals surface area contributed by atoms with Crippen molar-refractivity contribution in [1.82, 2.24) is 5.43 Å².